The predicted octanol–water partition coefficient (Wildman–Crippen LogP) is 4.30. The monoisotopic (exact) mass is 348 g/mol. The van der Waals surface area contributed by atoms with E-state index in [1.165, 1.54) is 6.08 Å². The van der Waals surface area contributed by atoms with E-state index in [1.807, 2.05) is 43.3 Å². The lowest BCUT2D eigenvalue weighted by molar-refractivity contribution is -0.137. The normalized spacial score (nSPS) is 11.0. The summed E-state index contributed by atoms with van der Waals surface area (Å²) in [6.07, 6.45) is 3.06. The van der Waals surface area contributed by atoms with Gasteiger partial charge in [-0.15, -0.1) is 0 Å². The number of aromatic amines is 1. The molecule has 3 rings (SSSR count). The molecule has 1 amide bonds. The van der Waals surface area contributed by atoms with Crippen molar-refractivity contribution < 1.29 is 14.3 Å². The number of benzene rings is 2. The third-order valence-electron chi connectivity index (χ3n) is 3.99. The van der Waals surface area contributed by atoms with Crippen LogP contribution in [0.5, 0.6) is 0 Å². The lowest BCUT2D eigenvalue weighted by Gasteiger charge is -2.06. The summed E-state index contributed by atoms with van der Waals surface area (Å²) in [6.45, 7) is 4.00. The number of H-pyrrole nitrogens is 1. The third kappa shape index (κ3) is 3.83. The van der Waals surface area contributed by atoms with Crippen molar-refractivity contribution in [2.45, 2.75) is 13.8 Å². The molecule has 0 bridgehead atoms. The third-order valence-corrected chi connectivity index (χ3v) is 3.99. The highest BCUT2D eigenvalue weighted by molar-refractivity contribution is 6.13. The van der Waals surface area contributed by atoms with Crippen LogP contribution in [0.1, 0.15) is 28.5 Å². The van der Waals surface area contributed by atoms with Gasteiger partial charge in [0.1, 0.15) is 0 Å². The number of carbonyl (C=O) groups excluding carboxylic acids is 2. The van der Waals surface area contributed by atoms with Crippen molar-refractivity contribution in [1.82, 2.24) is 4.98 Å². The van der Waals surface area contributed by atoms with Gasteiger partial charge in [0.25, 0.3) is 5.91 Å². The van der Waals surface area contributed by atoms with Crippen LogP contribution in [0.15, 0.2) is 54.6 Å². The molecule has 1 heterocycles. The first-order valence-electron chi connectivity index (χ1n) is 8.42. The molecule has 1 aromatic heterocycles. The average molecular weight is 348 g/mol. The summed E-state index contributed by atoms with van der Waals surface area (Å²) in [6, 6.07) is 15.0. The number of anilines is 1. The minimum atomic E-state index is -0.375. The van der Waals surface area contributed by atoms with E-state index >= 15 is 0 Å². The number of hydrogen-bond acceptors (Lipinski definition) is 3. The van der Waals surface area contributed by atoms with Gasteiger partial charge in [0, 0.05) is 28.4 Å². The molecule has 5 nitrogen and oxygen atoms in total. The fourth-order valence-electron chi connectivity index (χ4n) is 2.80. The first kappa shape index (κ1) is 17.5. The number of esters is 1. The Kier molecular flexibility index (Phi) is 5.17. The SMILES string of the molecule is CCOC(=O)/C=C/c1ccc(NC(=O)c2c(C)[nH]c3ccccc23)cc1. The Labute approximate surface area is 151 Å². The fraction of sp³-hybridized carbons (Fsp3) is 0.143. The Balaban J connectivity index is 1.73. The minimum absolute atomic E-state index is 0.158. The van der Waals surface area contributed by atoms with Crippen molar-refractivity contribution in [2.75, 3.05) is 11.9 Å². The summed E-state index contributed by atoms with van der Waals surface area (Å²) in [4.78, 5) is 27.2. The zero-order chi connectivity index (χ0) is 18.5. The zero-order valence-electron chi connectivity index (χ0n) is 14.7. The number of rotatable bonds is 5. The number of fused-ring (bicyclic) bond motifs is 1. The molecule has 0 unspecified atom stereocenters. The standard InChI is InChI=1S/C21H20N2O3/c1-3-26-19(24)13-10-15-8-11-16(12-9-15)23-21(25)20-14(2)22-18-7-5-4-6-17(18)20/h4-13,22H,3H2,1-2H3,(H,23,25)/b13-10+. The summed E-state index contributed by atoms with van der Waals surface area (Å²) < 4.78 is 4.84. The van der Waals surface area contributed by atoms with Crippen LogP contribution in [0.3, 0.4) is 0 Å². The molecule has 0 radical (unpaired) electrons. The van der Waals surface area contributed by atoms with Crippen LogP contribution >= 0.6 is 0 Å². The number of amides is 1. The zero-order valence-corrected chi connectivity index (χ0v) is 14.7. The van der Waals surface area contributed by atoms with E-state index in [9.17, 15) is 9.59 Å². The lowest BCUT2D eigenvalue weighted by atomic mass is 10.1. The van der Waals surface area contributed by atoms with Gasteiger partial charge in [-0.3, -0.25) is 4.79 Å². The van der Waals surface area contributed by atoms with E-state index < -0.39 is 0 Å². The van der Waals surface area contributed by atoms with Crippen molar-refractivity contribution in [3.8, 4) is 0 Å². The second kappa shape index (κ2) is 7.70. The van der Waals surface area contributed by atoms with Gasteiger partial charge in [-0.05, 0) is 43.7 Å². The maximum absolute atomic E-state index is 12.7. The molecule has 0 saturated carbocycles. The molecule has 0 atom stereocenters. The van der Waals surface area contributed by atoms with Gasteiger partial charge in [-0.1, -0.05) is 30.3 Å². The second-order valence-corrected chi connectivity index (χ2v) is 5.83. The Morgan fingerprint density at radius 3 is 2.58 bits per heavy atom. The molecular formula is C21H20N2O3. The molecule has 0 saturated heterocycles. The van der Waals surface area contributed by atoms with Crippen LogP contribution in [0.25, 0.3) is 17.0 Å². The van der Waals surface area contributed by atoms with Gasteiger partial charge in [0.2, 0.25) is 0 Å². The topological polar surface area (TPSA) is 71.2 Å². The molecule has 2 aromatic carbocycles. The van der Waals surface area contributed by atoms with E-state index in [0.29, 0.717) is 17.9 Å². The Morgan fingerprint density at radius 1 is 1.12 bits per heavy atom. The van der Waals surface area contributed by atoms with Gasteiger partial charge < -0.3 is 15.0 Å². The predicted molar refractivity (Wildman–Crippen MR) is 103 cm³/mol. The lowest BCUT2D eigenvalue weighted by Crippen LogP contribution is -2.12. The fourth-order valence-corrected chi connectivity index (χ4v) is 2.80. The number of aromatic nitrogens is 1. The van der Waals surface area contributed by atoms with Gasteiger partial charge in [-0.2, -0.15) is 0 Å². The summed E-state index contributed by atoms with van der Waals surface area (Å²) in [5, 5.41) is 3.81. The molecule has 26 heavy (non-hydrogen) atoms. The maximum atomic E-state index is 12.7. The van der Waals surface area contributed by atoms with Gasteiger partial charge in [-0.25, -0.2) is 4.79 Å². The van der Waals surface area contributed by atoms with E-state index in [4.69, 9.17) is 4.74 Å². The quantitative estimate of drug-likeness (QED) is 0.533. The molecule has 3 aromatic rings. The number of nitrogens with one attached hydrogen (secondary N) is 2. The van der Waals surface area contributed by atoms with Crippen LogP contribution in [0.4, 0.5) is 5.69 Å². The molecule has 5 heteroatoms. The molecule has 0 aliphatic rings. The summed E-state index contributed by atoms with van der Waals surface area (Å²) >= 11 is 0. The summed E-state index contributed by atoms with van der Waals surface area (Å²) in [5.74, 6) is -0.533. The van der Waals surface area contributed by atoms with Gasteiger partial charge >= 0.3 is 5.97 Å². The molecule has 0 aliphatic carbocycles. The Hall–Kier alpha value is -3.34. The molecular weight excluding hydrogens is 328 g/mol. The first-order chi connectivity index (χ1) is 12.6. The maximum Gasteiger partial charge on any atom is 0.330 e. The largest absolute Gasteiger partial charge is 0.463 e. The smallest absolute Gasteiger partial charge is 0.330 e. The Bertz CT molecular complexity index is 969. The van der Waals surface area contributed by atoms with Crippen molar-refractivity contribution >= 4 is 34.5 Å². The first-order valence-corrected chi connectivity index (χ1v) is 8.42. The summed E-state index contributed by atoms with van der Waals surface area (Å²) in [7, 11) is 0. The minimum Gasteiger partial charge on any atom is -0.463 e. The number of hydrogen-bond donors (Lipinski definition) is 2. The van der Waals surface area contributed by atoms with E-state index in [0.717, 1.165) is 22.2 Å². The number of aryl methyl sites for hydroxylation is 1. The van der Waals surface area contributed by atoms with Gasteiger partial charge in [0.15, 0.2) is 0 Å². The molecule has 0 aliphatic heterocycles. The highest BCUT2D eigenvalue weighted by Gasteiger charge is 2.15. The molecule has 132 valence electrons. The van der Waals surface area contributed by atoms with Crippen molar-refractivity contribution in [3.05, 3.63) is 71.4 Å². The van der Waals surface area contributed by atoms with E-state index in [-0.39, 0.29) is 11.9 Å². The molecule has 0 spiro atoms. The van der Waals surface area contributed by atoms with Crippen LogP contribution < -0.4 is 5.32 Å². The van der Waals surface area contributed by atoms with Crippen molar-refractivity contribution in [2.24, 2.45) is 0 Å². The highest BCUT2D eigenvalue weighted by atomic mass is 16.5. The second-order valence-electron chi connectivity index (χ2n) is 5.83. The number of ether oxygens (including phenoxy) is 1. The van der Waals surface area contributed by atoms with Crippen molar-refractivity contribution in [1.29, 1.82) is 0 Å². The number of para-hydroxylation sites is 1. The highest BCUT2D eigenvalue weighted by Crippen LogP contribution is 2.23. The summed E-state index contributed by atoms with van der Waals surface area (Å²) in [5.41, 5.74) is 3.95. The average Bonchev–Trinajstić information content (AvgIpc) is 2.97. The van der Waals surface area contributed by atoms with E-state index in [2.05, 4.69) is 10.3 Å². The Morgan fingerprint density at radius 2 is 1.85 bits per heavy atom. The van der Waals surface area contributed by atoms with Crippen LogP contribution in [-0.4, -0.2) is 23.5 Å². The van der Waals surface area contributed by atoms with Crippen LogP contribution in [0, 0.1) is 6.92 Å². The van der Waals surface area contributed by atoms with Crippen molar-refractivity contribution in [3.63, 3.8) is 0 Å². The molecule has 2 N–H and O–H groups in total. The number of carbonyl (C=O) groups is 2. The van der Waals surface area contributed by atoms with Gasteiger partial charge in [0.05, 0.1) is 12.2 Å². The van der Waals surface area contributed by atoms with Crippen LogP contribution in [-0.2, 0) is 9.53 Å². The van der Waals surface area contributed by atoms with Crippen LogP contribution in [0.2, 0.25) is 0 Å². The molecule has 0 fully saturated rings. The van der Waals surface area contributed by atoms with E-state index in [1.54, 1.807) is 25.1 Å².